The Morgan fingerprint density at radius 3 is 1.89 bits per heavy atom. The van der Waals surface area contributed by atoms with Crippen molar-refractivity contribution in [2.45, 2.75) is 70.6 Å². The third-order valence-electron chi connectivity index (χ3n) is 8.53. The van der Waals surface area contributed by atoms with Gasteiger partial charge in [-0.05, 0) is 90.5 Å². The van der Waals surface area contributed by atoms with Crippen LogP contribution in [-0.2, 0) is 24.7 Å². The molecule has 0 aliphatic heterocycles. The molecule has 0 saturated heterocycles. The Morgan fingerprint density at radius 1 is 0.600 bits per heavy atom. The van der Waals surface area contributed by atoms with Gasteiger partial charge in [-0.15, -0.1) is 0 Å². The lowest BCUT2D eigenvalue weighted by atomic mass is 9.69. The predicted octanol–water partition coefficient (Wildman–Crippen LogP) is 8.91. The van der Waals surface area contributed by atoms with Gasteiger partial charge >= 0.3 is 0 Å². The van der Waals surface area contributed by atoms with Gasteiger partial charge in [-0.25, -0.2) is 0 Å². The maximum absolute atomic E-state index is 2.46. The molecule has 35 heavy (non-hydrogen) atoms. The lowest BCUT2D eigenvalue weighted by molar-refractivity contribution is 0.511. The van der Waals surface area contributed by atoms with Crippen molar-refractivity contribution < 1.29 is 0 Å². The lowest BCUT2D eigenvalue weighted by Crippen LogP contribution is -2.27. The fourth-order valence-electron chi connectivity index (χ4n) is 6.56. The fourth-order valence-corrected chi connectivity index (χ4v) is 6.56. The molecule has 0 atom stereocenters. The van der Waals surface area contributed by atoms with Crippen LogP contribution in [0.3, 0.4) is 0 Å². The molecule has 0 amide bonds. The second-order valence-electron chi connectivity index (χ2n) is 10.9. The number of hydrogen-bond donors (Lipinski definition) is 0. The van der Waals surface area contributed by atoms with Crippen LogP contribution in [0.25, 0.3) is 11.1 Å². The average molecular weight is 457 g/mol. The van der Waals surface area contributed by atoms with Crippen molar-refractivity contribution in [1.29, 1.82) is 0 Å². The molecular weight excluding hydrogens is 420 g/mol. The highest BCUT2D eigenvalue weighted by atomic mass is 14.5. The zero-order valence-electron chi connectivity index (χ0n) is 21.2. The largest absolute Gasteiger partial charge is 0.0622 e. The number of fused-ring (bicyclic) bond motifs is 4. The first-order chi connectivity index (χ1) is 17.1. The van der Waals surface area contributed by atoms with Crippen molar-refractivity contribution in [2.75, 3.05) is 0 Å². The summed E-state index contributed by atoms with van der Waals surface area (Å²) in [5.41, 5.74) is 14.7. The molecule has 0 saturated carbocycles. The Balaban J connectivity index is 1.25. The van der Waals surface area contributed by atoms with Crippen molar-refractivity contribution in [3.8, 4) is 11.1 Å². The van der Waals surface area contributed by atoms with Gasteiger partial charge < -0.3 is 0 Å². The van der Waals surface area contributed by atoms with Crippen LogP contribution < -0.4 is 0 Å². The molecule has 0 nitrogen and oxygen atoms in total. The minimum Gasteiger partial charge on any atom is -0.0622 e. The molecular formula is C35H36. The second-order valence-corrected chi connectivity index (χ2v) is 10.9. The summed E-state index contributed by atoms with van der Waals surface area (Å²) in [5, 5.41) is 0. The van der Waals surface area contributed by atoms with Crippen LogP contribution in [0.15, 0.2) is 84.9 Å². The molecule has 2 aliphatic carbocycles. The van der Waals surface area contributed by atoms with Crippen molar-refractivity contribution in [3.05, 3.63) is 129 Å². The average Bonchev–Trinajstić information content (AvgIpc) is 3.12. The SMILES string of the molecule is Cc1ccc2c(c1)C(CCCCCCc1ccc3c(c1)CC3)(c1ccccc1)c1cc(C)ccc1-2. The van der Waals surface area contributed by atoms with Gasteiger partial charge in [0.1, 0.15) is 0 Å². The molecule has 0 spiro atoms. The van der Waals surface area contributed by atoms with Crippen LogP contribution >= 0.6 is 0 Å². The Hall–Kier alpha value is -3.12. The summed E-state index contributed by atoms with van der Waals surface area (Å²) in [6, 6.07) is 32.7. The molecule has 0 heterocycles. The normalized spacial score (nSPS) is 14.7. The molecule has 0 radical (unpaired) electrons. The number of aryl methyl sites for hydroxylation is 5. The van der Waals surface area contributed by atoms with E-state index in [-0.39, 0.29) is 5.41 Å². The standard InChI is InChI=1S/C35H36/c1-25-13-19-31-32-20-14-26(2)23-34(32)35(33(31)22-25,30-11-7-5-8-12-30)21-9-4-3-6-10-27-15-16-28-17-18-29(28)24-27/h5,7-8,11-16,19-20,22-24H,3-4,6,9-10,17-18,21H2,1-2H3. The van der Waals surface area contributed by atoms with Crippen molar-refractivity contribution in [2.24, 2.45) is 0 Å². The molecule has 2 aliphatic rings. The van der Waals surface area contributed by atoms with Crippen molar-refractivity contribution in [1.82, 2.24) is 0 Å². The van der Waals surface area contributed by atoms with Gasteiger partial charge in [0.25, 0.3) is 0 Å². The highest BCUT2D eigenvalue weighted by Crippen LogP contribution is 2.55. The van der Waals surface area contributed by atoms with E-state index in [2.05, 4.69) is 98.8 Å². The lowest BCUT2D eigenvalue weighted by Gasteiger charge is -2.33. The Labute approximate surface area is 211 Å². The minimum absolute atomic E-state index is 0.0499. The van der Waals surface area contributed by atoms with Crippen LogP contribution in [0.4, 0.5) is 0 Å². The van der Waals surface area contributed by atoms with Gasteiger partial charge in [0.15, 0.2) is 0 Å². The molecule has 0 fully saturated rings. The molecule has 4 aromatic rings. The summed E-state index contributed by atoms with van der Waals surface area (Å²) in [5.74, 6) is 0. The molecule has 6 rings (SSSR count). The predicted molar refractivity (Wildman–Crippen MR) is 148 cm³/mol. The highest BCUT2D eigenvalue weighted by molar-refractivity contribution is 5.84. The van der Waals surface area contributed by atoms with Crippen LogP contribution in [0.2, 0.25) is 0 Å². The molecule has 0 N–H and O–H groups in total. The molecule has 0 unspecified atom stereocenters. The first-order valence-electron chi connectivity index (χ1n) is 13.5. The summed E-state index contributed by atoms with van der Waals surface area (Å²) in [6.07, 6.45) is 10.1. The van der Waals surface area contributed by atoms with E-state index >= 15 is 0 Å². The Kier molecular flexibility index (Phi) is 5.85. The summed E-state index contributed by atoms with van der Waals surface area (Å²) < 4.78 is 0. The van der Waals surface area contributed by atoms with Crippen molar-refractivity contribution in [3.63, 3.8) is 0 Å². The monoisotopic (exact) mass is 456 g/mol. The van der Waals surface area contributed by atoms with E-state index in [1.807, 2.05) is 0 Å². The number of benzene rings is 4. The first kappa shape index (κ1) is 22.4. The smallest absolute Gasteiger partial charge is 0.0463 e. The van der Waals surface area contributed by atoms with E-state index in [0.717, 1.165) is 0 Å². The summed E-state index contributed by atoms with van der Waals surface area (Å²) in [7, 11) is 0. The quantitative estimate of drug-likeness (QED) is 0.232. The van der Waals surface area contributed by atoms with Gasteiger partial charge in [-0.1, -0.05) is 115 Å². The van der Waals surface area contributed by atoms with Gasteiger partial charge in [0, 0.05) is 5.41 Å². The molecule has 0 heteroatoms. The second kappa shape index (κ2) is 9.15. The Morgan fingerprint density at radius 2 is 1.26 bits per heavy atom. The van der Waals surface area contributed by atoms with Gasteiger partial charge in [-0.3, -0.25) is 0 Å². The zero-order valence-corrected chi connectivity index (χ0v) is 21.2. The summed E-state index contributed by atoms with van der Waals surface area (Å²) >= 11 is 0. The van der Waals surface area contributed by atoms with Crippen LogP contribution in [0.5, 0.6) is 0 Å². The highest BCUT2D eigenvalue weighted by Gasteiger charge is 2.44. The van der Waals surface area contributed by atoms with E-state index in [4.69, 9.17) is 0 Å². The molecule has 176 valence electrons. The zero-order chi connectivity index (χ0) is 23.8. The third-order valence-corrected chi connectivity index (χ3v) is 8.53. The maximum Gasteiger partial charge on any atom is 0.0463 e. The van der Waals surface area contributed by atoms with Crippen molar-refractivity contribution >= 4 is 0 Å². The van der Waals surface area contributed by atoms with E-state index in [9.17, 15) is 0 Å². The molecule has 4 aromatic carbocycles. The van der Waals surface area contributed by atoms with E-state index in [0.29, 0.717) is 0 Å². The van der Waals surface area contributed by atoms with Gasteiger partial charge in [-0.2, -0.15) is 0 Å². The third kappa shape index (κ3) is 3.94. The van der Waals surface area contributed by atoms with E-state index < -0.39 is 0 Å². The first-order valence-corrected chi connectivity index (χ1v) is 13.5. The fraction of sp³-hybridized carbons (Fsp3) is 0.314. The summed E-state index contributed by atoms with van der Waals surface area (Å²) in [6.45, 7) is 4.47. The topological polar surface area (TPSA) is 0 Å². The van der Waals surface area contributed by atoms with Crippen LogP contribution in [0.1, 0.15) is 76.6 Å². The number of rotatable bonds is 8. The number of unbranched alkanes of at least 4 members (excludes halogenated alkanes) is 3. The maximum atomic E-state index is 2.46. The van der Waals surface area contributed by atoms with Gasteiger partial charge in [0.2, 0.25) is 0 Å². The van der Waals surface area contributed by atoms with Crippen LogP contribution in [-0.4, -0.2) is 0 Å². The number of hydrogen-bond acceptors (Lipinski definition) is 0. The van der Waals surface area contributed by atoms with Gasteiger partial charge in [0.05, 0.1) is 0 Å². The minimum atomic E-state index is -0.0499. The van der Waals surface area contributed by atoms with E-state index in [1.165, 1.54) is 95.9 Å². The Bertz CT molecular complexity index is 1310. The molecule has 0 bridgehead atoms. The van der Waals surface area contributed by atoms with Crippen LogP contribution in [0, 0.1) is 13.8 Å². The van der Waals surface area contributed by atoms with E-state index in [1.54, 1.807) is 11.1 Å². The molecule has 0 aromatic heterocycles. The summed E-state index contributed by atoms with van der Waals surface area (Å²) in [4.78, 5) is 0.